The molecule has 0 spiro atoms. The van der Waals surface area contributed by atoms with Gasteiger partial charge in [0.05, 0.1) is 13.1 Å². The molecule has 1 rings (SSSR count). The van der Waals surface area contributed by atoms with Crippen molar-refractivity contribution < 1.29 is 10.6 Å². The summed E-state index contributed by atoms with van der Waals surface area (Å²) in [7, 11) is 0. The predicted octanol–water partition coefficient (Wildman–Crippen LogP) is -1.07. The Morgan fingerprint density at radius 1 is 1.64 bits per heavy atom. The van der Waals surface area contributed by atoms with Crippen LogP contribution < -0.4 is 10.6 Å². The van der Waals surface area contributed by atoms with Gasteiger partial charge < -0.3 is 10.6 Å². The van der Waals surface area contributed by atoms with Gasteiger partial charge in [-0.3, -0.25) is 0 Å². The van der Waals surface area contributed by atoms with Crippen molar-refractivity contribution in [1.82, 2.24) is 0 Å². The van der Waals surface area contributed by atoms with Crippen LogP contribution in [0.1, 0.15) is 26.7 Å². The molecule has 1 unspecified atom stereocenters. The zero-order valence-electron chi connectivity index (χ0n) is 7.90. The normalized spacial score (nSPS) is 35.2. The van der Waals surface area contributed by atoms with Crippen molar-refractivity contribution in [2.45, 2.75) is 32.7 Å². The van der Waals surface area contributed by atoms with Gasteiger partial charge in [-0.1, -0.05) is 6.92 Å². The standard InChI is InChI=1S/C9H20N2/c1-8-4-3-5-11(7-8)9(2)6-10/h8-9H,3-7,10H2,1-2H3/p+2/t8-,9+/m1/s1. The molecule has 0 saturated carbocycles. The van der Waals surface area contributed by atoms with E-state index in [4.69, 9.17) is 0 Å². The summed E-state index contributed by atoms with van der Waals surface area (Å²) in [6, 6.07) is 0.776. The molecule has 0 amide bonds. The van der Waals surface area contributed by atoms with Crippen molar-refractivity contribution in [3.8, 4) is 0 Å². The Bertz CT molecular complexity index is 114. The highest BCUT2D eigenvalue weighted by Crippen LogP contribution is 2.04. The number of rotatable bonds is 2. The minimum atomic E-state index is 0.776. The van der Waals surface area contributed by atoms with E-state index in [-0.39, 0.29) is 0 Å². The topological polar surface area (TPSA) is 32.1 Å². The zero-order valence-corrected chi connectivity index (χ0v) is 7.90. The van der Waals surface area contributed by atoms with Crippen molar-refractivity contribution in [2.75, 3.05) is 19.6 Å². The summed E-state index contributed by atoms with van der Waals surface area (Å²) >= 11 is 0. The van der Waals surface area contributed by atoms with E-state index in [1.54, 1.807) is 4.90 Å². The quantitative estimate of drug-likeness (QED) is 0.513. The van der Waals surface area contributed by atoms with Gasteiger partial charge in [-0.2, -0.15) is 0 Å². The van der Waals surface area contributed by atoms with Crippen molar-refractivity contribution in [2.24, 2.45) is 5.92 Å². The van der Waals surface area contributed by atoms with Crippen LogP contribution in [-0.2, 0) is 0 Å². The summed E-state index contributed by atoms with van der Waals surface area (Å²) in [6.07, 6.45) is 2.86. The van der Waals surface area contributed by atoms with Crippen LogP contribution in [0.4, 0.5) is 0 Å². The van der Waals surface area contributed by atoms with Crippen molar-refractivity contribution >= 4 is 0 Å². The fourth-order valence-electron chi connectivity index (χ4n) is 1.98. The molecule has 3 atom stereocenters. The van der Waals surface area contributed by atoms with Crippen molar-refractivity contribution in [1.29, 1.82) is 0 Å². The molecule has 0 aromatic heterocycles. The Morgan fingerprint density at radius 2 is 2.36 bits per heavy atom. The van der Waals surface area contributed by atoms with E-state index in [1.807, 2.05) is 0 Å². The van der Waals surface area contributed by atoms with Gasteiger partial charge in [-0.15, -0.1) is 0 Å². The summed E-state index contributed by atoms with van der Waals surface area (Å²) in [5.41, 5.74) is 3.97. The smallest absolute Gasteiger partial charge is 0.134 e. The van der Waals surface area contributed by atoms with Crippen LogP contribution in [0.5, 0.6) is 0 Å². The maximum absolute atomic E-state index is 3.97. The molecule has 1 fully saturated rings. The number of likely N-dealkylation sites (tertiary alicyclic amines) is 1. The van der Waals surface area contributed by atoms with E-state index >= 15 is 0 Å². The Labute approximate surface area is 69.8 Å². The van der Waals surface area contributed by atoms with Gasteiger partial charge in [-0.05, 0) is 19.8 Å². The average molecular weight is 158 g/mol. The summed E-state index contributed by atoms with van der Waals surface area (Å²) in [4.78, 5) is 1.78. The molecule has 0 aliphatic carbocycles. The Kier molecular flexibility index (Phi) is 3.34. The molecule has 1 aliphatic rings. The fraction of sp³-hybridized carbons (Fsp3) is 1.00. The predicted molar refractivity (Wildman–Crippen MR) is 46.3 cm³/mol. The van der Waals surface area contributed by atoms with Crippen molar-refractivity contribution in [3.63, 3.8) is 0 Å². The molecule has 1 saturated heterocycles. The third-order valence-corrected chi connectivity index (χ3v) is 2.94. The highest BCUT2D eigenvalue weighted by atomic mass is 15.2. The summed E-state index contributed by atoms with van der Waals surface area (Å²) in [5, 5.41) is 0. The van der Waals surface area contributed by atoms with Crippen LogP contribution in [0.15, 0.2) is 0 Å². The van der Waals surface area contributed by atoms with Gasteiger partial charge in [0.2, 0.25) is 0 Å². The van der Waals surface area contributed by atoms with E-state index in [0.29, 0.717) is 0 Å². The lowest BCUT2D eigenvalue weighted by atomic mass is 9.99. The van der Waals surface area contributed by atoms with Gasteiger partial charge in [0.1, 0.15) is 12.6 Å². The second kappa shape index (κ2) is 4.07. The van der Waals surface area contributed by atoms with Gasteiger partial charge in [0, 0.05) is 5.92 Å². The maximum Gasteiger partial charge on any atom is 0.134 e. The van der Waals surface area contributed by atoms with Crippen molar-refractivity contribution in [3.05, 3.63) is 0 Å². The van der Waals surface area contributed by atoms with E-state index in [9.17, 15) is 0 Å². The van der Waals surface area contributed by atoms with Crippen LogP contribution in [0.2, 0.25) is 0 Å². The molecule has 0 bridgehead atoms. The molecule has 4 N–H and O–H groups in total. The lowest BCUT2D eigenvalue weighted by Crippen LogP contribution is -3.18. The number of hydrogen-bond acceptors (Lipinski definition) is 0. The monoisotopic (exact) mass is 158 g/mol. The zero-order chi connectivity index (χ0) is 8.27. The Morgan fingerprint density at radius 3 is 2.91 bits per heavy atom. The molecule has 1 heterocycles. The molecular formula is C9H22N2+2. The number of hydrogen-bond donors (Lipinski definition) is 2. The van der Waals surface area contributed by atoms with Crippen LogP contribution in [-0.4, -0.2) is 25.7 Å². The largest absolute Gasteiger partial charge is 0.353 e. The molecule has 11 heavy (non-hydrogen) atoms. The highest BCUT2D eigenvalue weighted by Gasteiger charge is 2.24. The number of piperidine rings is 1. The first-order chi connectivity index (χ1) is 5.24. The first kappa shape index (κ1) is 9.01. The maximum atomic E-state index is 3.97. The third kappa shape index (κ3) is 2.46. The average Bonchev–Trinajstić information content (AvgIpc) is 2.03. The summed E-state index contributed by atoms with van der Waals surface area (Å²) in [6.45, 7) is 8.52. The summed E-state index contributed by atoms with van der Waals surface area (Å²) < 4.78 is 0. The van der Waals surface area contributed by atoms with Gasteiger partial charge >= 0.3 is 0 Å². The minimum Gasteiger partial charge on any atom is -0.353 e. The lowest BCUT2D eigenvalue weighted by molar-refractivity contribution is -0.936. The van der Waals surface area contributed by atoms with Gasteiger partial charge in [-0.25, -0.2) is 0 Å². The fourth-order valence-corrected chi connectivity index (χ4v) is 1.98. The number of nitrogens with one attached hydrogen (secondary N) is 1. The molecule has 2 nitrogen and oxygen atoms in total. The number of quaternary nitrogens is 2. The second-order valence-electron chi connectivity index (χ2n) is 4.05. The van der Waals surface area contributed by atoms with E-state index in [1.165, 1.54) is 25.9 Å². The van der Waals surface area contributed by atoms with Crippen LogP contribution in [0.25, 0.3) is 0 Å². The Hall–Kier alpha value is -0.0800. The third-order valence-electron chi connectivity index (χ3n) is 2.94. The van der Waals surface area contributed by atoms with Crippen LogP contribution in [0.3, 0.4) is 0 Å². The first-order valence-electron chi connectivity index (χ1n) is 4.88. The Balaban J connectivity index is 2.33. The molecule has 0 aromatic carbocycles. The van der Waals surface area contributed by atoms with E-state index < -0.39 is 0 Å². The molecule has 0 radical (unpaired) electrons. The van der Waals surface area contributed by atoms with Gasteiger partial charge in [0.25, 0.3) is 0 Å². The first-order valence-corrected chi connectivity index (χ1v) is 4.88. The lowest BCUT2D eigenvalue weighted by Gasteiger charge is -2.30. The molecule has 66 valence electrons. The molecule has 2 heteroatoms. The molecular weight excluding hydrogens is 136 g/mol. The second-order valence-corrected chi connectivity index (χ2v) is 4.05. The van der Waals surface area contributed by atoms with Crippen LogP contribution >= 0.6 is 0 Å². The minimum absolute atomic E-state index is 0.776. The molecule has 1 aliphatic heterocycles. The van der Waals surface area contributed by atoms with E-state index in [2.05, 4.69) is 19.6 Å². The SMILES string of the molecule is C[C@@H]1CCC[NH+]([C@@H](C)C[NH3+])C1. The van der Waals surface area contributed by atoms with Crippen LogP contribution in [0, 0.1) is 5.92 Å². The van der Waals surface area contributed by atoms with Gasteiger partial charge in [0.15, 0.2) is 0 Å². The van der Waals surface area contributed by atoms with E-state index in [0.717, 1.165) is 18.5 Å². The summed E-state index contributed by atoms with van der Waals surface area (Å²) in [5.74, 6) is 0.938. The molecule has 0 aromatic rings. The highest BCUT2D eigenvalue weighted by molar-refractivity contribution is 4.57.